The van der Waals surface area contributed by atoms with Crippen molar-refractivity contribution in [3.8, 4) is 0 Å². The van der Waals surface area contributed by atoms with Crippen LogP contribution in [0.3, 0.4) is 0 Å². The molecule has 120 valence electrons. The zero-order chi connectivity index (χ0) is 15.7. The second-order valence-electron chi connectivity index (χ2n) is 6.57. The van der Waals surface area contributed by atoms with Gasteiger partial charge in [0.25, 0.3) is 0 Å². The van der Waals surface area contributed by atoms with Crippen molar-refractivity contribution < 1.29 is 14.3 Å². The molecule has 2 fully saturated rings. The Morgan fingerprint density at radius 1 is 1.41 bits per heavy atom. The van der Waals surface area contributed by atoms with Crippen LogP contribution in [0.1, 0.15) is 37.7 Å². The number of rotatable bonds is 2. The van der Waals surface area contributed by atoms with Gasteiger partial charge < -0.3 is 10.0 Å². The molecule has 1 aliphatic carbocycles. The summed E-state index contributed by atoms with van der Waals surface area (Å²) in [5.74, 6) is -0.543. The molecule has 0 aromatic heterocycles. The molecule has 0 unspecified atom stereocenters. The van der Waals surface area contributed by atoms with Gasteiger partial charge in [-0.1, -0.05) is 24.1 Å². The minimum absolute atomic E-state index is 0.0162. The number of hydrogen-bond acceptors (Lipinski definition) is 2. The first-order chi connectivity index (χ1) is 10.5. The average molecular weight is 326 g/mol. The molecule has 22 heavy (non-hydrogen) atoms. The molecule has 1 saturated heterocycles. The number of carbonyl (C=O) groups excluding carboxylic acids is 1. The lowest BCUT2D eigenvalue weighted by atomic mass is 9.76. The largest absolute Gasteiger partial charge is 0.392 e. The normalized spacial score (nSPS) is 28.3. The first-order valence-corrected chi connectivity index (χ1v) is 8.28. The number of piperidine rings is 1. The summed E-state index contributed by atoms with van der Waals surface area (Å²) in [7, 11) is 0. The number of carbonyl (C=O) groups is 1. The summed E-state index contributed by atoms with van der Waals surface area (Å²) in [6.07, 6.45) is 4.34. The number of halogens is 2. The van der Waals surface area contributed by atoms with Gasteiger partial charge in [0.05, 0.1) is 12.5 Å². The smallest absolute Gasteiger partial charge is 0.227 e. The van der Waals surface area contributed by atoms with Gasteiger partial charge in [0.15, 0.2) is 0 Å². The maximum absolute atomic E-state index is 13.8. The topological polar surface area (TPSA) is 40.5 Å². The van der Waals surface area contributed by atoms with Crippen molar-refractivity contribution in [1.82, 2.24) is 4.90 Å². The predicted molar refractivity (Wildman–Crippen MR) is 83.2 cm³/mol. The zero-order valence-electron chi connectivity index (χ0n) is 12.5. The van der Waals surface area contributed by atoms with Crippen LogP contribution in [-0.2, 0) is 11.2 Å². The molecular weight excluding hydrogens is 305 g/mol. The van der Waals surface area contributed by atoms with E-state index in [1.54, 1.807) is 11.0 Å². The van der Waals surface area contributed by atoms with E-state index in [0.29, 0.717) is 18.1 Å². The highest BCUT2D eigenvalue weighted by Gasteiger charge is 2.45. The standard InChI is InChI=1S/C17H21ClFNO2/c18-13-4-1-5-14(19)12(13)10-16(22)20-9-3-8-17(11-20)7-2-6-15(17)21/h1,4-5,15,21H,2-3,6-11H2/t15-,17+/m1/s1. The molecule has 1 N–H and O–H groups in total. The Kier molecular flexibility index (Phi) is 4.42. The first kappa shape index (κ1) is 15.8. The highest BCUT2D eigenvalue weighted by molar-refractivity contribution is 6.31. The second kappa shape index (κ2) is 6.17. The number of benzene rings is 1. The molecule has 3 nitrogen and oxygen atoms in total. The maximum atomic E-state index is 13.8. The zero-order valence-corrected chi connectivity index (χ0v) is 13.3. The average Bonchev–Trinajstić information content (AvgIpc) is 2.83. The van der Waals surface area contributed by atoms with Crippen molar-refractivity contribution in [3.05, 3.63) is 34.6 Å². The molecule has 1 spiro atoms. The molecule has 1 saturated carbocycles. The van der Waals surface area contributed by atoms with Crippen molar-refractivity contribution in [2.24, 2.45) is 5.41 Å². The van der Waals surface area contributed by atoms with E-state index in [1.165, 1.54) is 12.1 Å². The second-order valence-corrected chi connectivity index (χ2v) is 6.97. The molecule has 0 bridgehead atoms. The van der Waals surface area contributed by atoms with Gasteiger partial charge >= 0.3 is 0 Å². The van der Waals surface area contributed by atoms with Crippen molar-refractivity contribution in [2.45, 2.75) is 44.6 Å². The van der Waals surface area contributed by atoms with E-state index in [4.69, 9.17) is 11.6 Å². The van der Waals surface area contributed by atoms with E-state index in [2.05, 4.69) is 0 Å². The van der Waals surface area contributed by atoms with Crippen LogP contribution in [0.15, 0.2) is 18.2 Å². The van der Waals surface area contributed by atoms with E-state index < -0.39 is 5.82 Å². The van der Waals surface area contributed by atoms with Gasteiger partial charge in [0.2, 0.25) is 5.91 Å². The van der Waals surface area contributed by atoms with Gasteiger partial charge in [0.1, 0.15) is 5.82 Å². The monoisotopic (exact) mass is 325 g/mol. The number of aliphatic hydroxyl groups excluding tert-OH is 1. The molecule has 1 amide bonds. The van der Waals surface area contributed by atoms with Crippen molar-refractivity contribution in [1.29, 1.82) is 0 Å². The summed E-state index contributed by atoms with van der Waals surface area (Å²) in [5.41, 5.74) is 0.119. The first-order valence-electron chi connectivity index (χ1n) is 7.91. The lowest BCUT2D eigenvalue weighted by molar-refractivity contribution is -0.135. The van der Waals surface area contributed by atoms with Crippen LogP contribution >= 0.6 is 11.6 Å². The molecule has 2 aliphatic rings. The van der Waals surface area contributed by atoms with E-state index in [1.807, 2.05) is 0 Å². The fourth-order valence-corrected chi connectivity index (χ4v) is 4.16. The molecule has 1 aromatic rings. The molecular formula is C17H21ClFNO2. The number of hydrogen-bond donors (Lipinski definition) is 1. The molecule has 3 rings (SSSR count). The summed E-state index contributed by atoms with van der Waals surface area (Å²) in [6, 6.07) is 4.47. The molecule has 5 heteroatoms. The van der Waals surface area contributed by atoms with Crippen molar-refractivity contribution >= 4 is 17.5 Å². The third-order valence-electron chi connectivity index (χ3n) is 5.21. The SMILES string of the molecule is O=C(Cc1c(F)cccc1Cl)N1CCC[C@@]2(CCC[C@H]2O)C1. The predicted octanol–water partition coefficient (Wildman–Crippen LogP) is 3.18. The summed E-state index contributed by atoms with van der Waals surface area (Å²) < 4.78 is 13.8. The molecule has 2 atom stereocenters. The van der Waals surface area contributed by atoms with Gasteiger partial charge in [-0.05, 0) is 37.8 Å². The number of aliphatic hydroxyl groups is 1. The lowest BCUT2D eigenvalue weighted by Crippen LogP contribution is -2.49. The van der Waals surface area contributed by atoms with Gasteiger partial charge in [-0.3, -0.25) is 4.79 Å². The van der Waals surface area contributed by atoms with Crippen LogP contribution in [0.25, 0.3) is 0 Å². The van der Waals surface area contributed by atoms with Crippen molar-refractivity contribution in [2.75, 3.05) is 13.1 Å². The summed E-state index contributed by atoms with van der Waals surface area (Å²) in [5, 5.41) is 10.6. The van der Waals surface area contributed by atoms with Crippen LogP contribution in [0, 0.1) is 11.2 Å². The molecule has 1 heterocycles. The Morgan fingerprint density at radius 2 is 2.18 bits per heavy atom. The van der Waals surface area contributed by atoms with Gasteiger partial charge in [-0.2, -0.15) is 0 Å². The maximum Gasteiger partial charge on any atom is 0.227 e. The van der Waals surface area contributed by atoms with Crippen LogP contribution in [0.5, 0.6) is 0 Å². The van der Waals surface area contributed by atoms with Crippen molar-refractivity contribution in [3.63, 3.8) is 0 Å². The third-order valence-corrected chi connectivity index (χ3v) is 5.56. The van der Waals surface area contributed by atoms with Crippen LogP contribution in [-0.4, -0.2) is 35.1 Å². The highest BCUT2D eigenvalue weighted by Crippen LogP contribution is 2.45. The Bertz CT molecular complexity index is 560. The minimum atomic E-state index is -0.437. The van der Waals surface area contributed by atoms with E-state index in [-0.39, 0.29) is 29.4 Å². The Labute approximate surface area is 135 Å². The molecule has 1 aliphatic heterocycles. The summed E-state index contributed by atoms with van der Waals surface area (Å²) in [6.45, 7) is 1.26. The molecule has 0 radical (unpaired) electrons. The van der Waals surface area contributed by atoms with Gasteiger partial charge in [-0.25, -0.2) is 4.39 Å². The van der Waals surface area contributed by atoms with Gasteiger partial charge in [-0.15, -0.1) is 0 Å². The van der Waals surface area contributed by atoms with Gasteiger partial charge in [0, 0.05) is 29.1 Å². The number of nitrogens with zero attached hydrogens (tertiary/aromatic N) is 1. The Hall–Kier alpha value is -1.13. The van der Waals surface area contributed by atoms with E-state index >= 15 is 0 Å². The minimum Gasteiger partial charge on any atom is -0.392 e. The summed E-state index contributed by atoms with van der Waals surface area (Å²) in [4.78, 5) is 14.3. The quantitative estimate of drug-likeness (QED) is 0.907. The number of likely N-dealkylation sites (tertiary alicyclic amines) is 1. The van der Waals surface area contributed by atoms with Crippen LogP contribution in [0.4, 0.5) is 4.39 Å². The molecule has 1 aromatic carbocycles. The Balaban J connectivity index is 1.72. The van der Waals surface area contributed by atoms with Crippen LogP contribution in [0.2, 0.25) is 5.02 Å². The fraction of sp³-hybridized carbons (Fsp3) is 0.588. The fourth-order valence-electron chi connectivity index (χ4n) is 3.93. The Morgan fingerprint density at radius 3 is 2.86 bits per heavy atom. The highest BCUT2D eigenvalue weighted by atomic mass is 35.5. The number of amides is 1. The third kappa shape index (κ3) is 2.86. The lowest BCUT2D eigenvalue weighted by Gasteiger charge is -2.42. The summed E-state index contributed by atoms with van der Waals surface area (Å²) >= 11 is 6.01. The van der Waals surface area contributed by atoms with E-state index in [0.717, 1.165) is 32.1 Å². The van der Waals surface area contributed by atoms with E-state index in [9.17, 15) is 14.3 Å². The van der Waals surface area contributed by atoms with Crippen LogP contribution < -0.4 is 0 Å².